The van der Waals surface area contributed by atoms with Crippen molar-refractivity contribution < 1.29 is 14.3 Å². The van der Waals surface area contributed by atoms with Gasteiger partial charge in [0.2, 0.25) is 5.95 Å². The standard InChI is InChI=1S/C28H31N7O3/c1-2-35-19-24(26(33-35)21-6-8-23(9-7-21)38-27(29)36)25-10-12-30-28(32-25)31-22-5-3-4-20(18-22)11-13-34-14-16-37-17-15-34/h3-10,12,18-19H,2,11,13-17H2,1H3,(H2,29,36)(H,30,31,32). The molecular weight excluding hydrogens is 482 g/mol. The fraction of sp³-hybridized carbons (Fsp3) is 0.286. The summed E-state index contributed by atoms with van der Waals surface area (Å²) in [7, 11) is 0. The van der Waals surface area contributed by atoms with E-state index in [0.29, 0.717) is 18.2 Å². The first-order valence-corrected chi connectivity index (χ1v) is 12.7. The molecule has 196 valence electrons. The van der Waals surface area contributed by atoms with Crippen molar-refractivity contribution in [2.24, 2.45) is 5.73 Å². The number of nitrogens with one attached hydrogen (secondary N) is 1. The predicted octanol–water partition coefficient (Wildman–Crippen LogP) is 4.10. The normalized spacial score (nSPS) is 13.8. The molecule has 0 atom stereocenters. The fourth-order valence-electron chi connectivity index (χ4n) is 4.40. The van der Waals surface area contributed by atoms with Crippen LogP contribution in [0.25, 0.3) is 22.5 Å². The average Bonchev–Trinajstić information content (AvgIpc) is 3.38. The molecule has 0 saturated carbocycles. The number of rotatable bonds is 9. The Bertz CT molecular complexity index is 1380. The van der Waals surface area contributed by atoms with Gasteiger partial charge in [-0.25, -0.2) is 14.8 Å². The number of hydrogen-bond acceptors (Lipinski definition) is 8. The van der Waals surface area contributed by atoms with E-state index in [1.54, 1.807) is 18.3 Å². The lowest BCUT2D eigenvalue weighted by Gasteiger charge is -2.26. The van der Waals surface area contributed by atoms with Gasteiger partial charge in [-0.15, -0.1) is 0 Å². The summed E-state index contributed by atoms with van der Waals surface area (Å²) < 4.78 is 12.3. The molecule has 0 bridgehead atoms. The second kappa shape index (κ2) is 11.8. The molecule has 1 fully saturated rings. The van der Waals surface area contributed by atoms with Crippen LogP contribution in [0.4, 0.5) is 16.4 Å². The van der Waals surface area contributed by atoms with Crippen molar-refractivity contribution in [3.05, 3.63) is 72.6 Å². The second-order valence-electron chi connectivity index (χ2n) is 8.99. The summed E-state index contributed by atoms with van der Waals surface area (Å²) in [6.07, 6.45) is 3.84. The maximum absolute atomic E-state index is 11.0. The molecule has 1 aliphatic heterocycles. The highest BCUT2D eigenvalue weighted by atomic mass is 16.5. The van der Waals surface area contributed by atoms with Crippen molar-refractivity contribution in [3.8, 4) is 28.3 Å². The summed E-state index contributed by atoms with van der Waals surface area (Å²) in [6.45, 7) is 7.35. The molecule has 2 aromatic heterocycles. The molecule has 2 aromatic carbocycles. The van der Waals surface area contributed by atoms with E-state index in [-0.39, 0.29) is 0 Å². The van der Waals surface area contributed by atoms with Crippen LogP contribution in [0.1, 0.15) is 12.5 Å². The molecular formula is C28H31N7O3. The SMILES string of the molecule is CCn1cc(-c2ccnc(Nc3cccc(CCN4CCOCC4)c3)n2)c(-c2ccc(OC(N)=O)cc2)n1. The summed E-state index contributed by atoms with van der Waals surface area (Å²) in [5.41, 5.74) is 10.6. The Morgan fingerprint density at radius 1 is 1.13 bits per heavy atom. The van der Waals surface area contributed by atoms with Crippen LogP contribution in [-0.2, 0) is 17.7 Å². The molecule has 0 unspecified atom stereocenters. The maximum atomic E-state index is 11.0. The largest absolute Gasteiger partial charge is 0.411 e. The van der Waals surface area contributed by atoms with Crippen molar-refractivity contribution in [2.45, 2.75) is 19.9 Å². The van der Waals surface area contributed by atoms with Crippen LogP contribution >= 0.6 is 0 Å². The first kappa shape index (κ1) is 25.4. The summed E-state index contributed by atoms with van der Waals surface area (Å²) in [6, 6.07) is 17.3. The first-order valence-electron chi connectivity index (χ1n) is 12.7. The van der Waals surface area contributed by atoms with Crippen molar-refractivity contribution >= 4 is 17.7 Å². The average molecular weight is 514 g/mol. The lowest BCUT2D eigenvalue weighted by molar-refractivity contribution is 0.0384. The first-order chi connectivity index (χ1) is 18.6. The molecule has 3 N–H and O–H groups in total. The van der Waals surface area contributed by atoms with Crippen LogP contribution in [0.2, 0.25) is 0 Å². The number of anilines is 2. The van der Waals surface area contributed by atoms with Crippen molar-refractivity contribution in [1.29, 1.82) is 0 Å². The Labute approximate surface area is 221 Å². The van der Waals surface area contributed by atoms with Crippen LogP contribution in [0.3, 0.4) is 0 Å². The zero-order chi connectivity index (χ0) is 26.3. The van der Waals surface area contributed by atoms with Gasteiger partial charge in [0.05, 0.1) is 18.9 Å². The third kappa shape index (κ3) is 6.34. The summed E-state index contributed by atoms with van der Waals surface area (Å²) >= 11 is 0. The quantitative estimate of drug-likeness (QED) is 0.343. The summed E-state index contributed by atoms with van der Waals surface area (Å²) in [5, 5.41) is 8.10. The number of ether oxygens (including phenoxy) is 2. The van der Waals surface area contributed by atoms with Gasteiger partial charge in [-0.1, -0.05) is 12.1 Å². The van der Waals surface area contributed by atoms with E-state index in [1.807, 2.05) is 42.1 Å². The number of primary amides is 1. The minimum Gasteiger partial charge on any atom is -0.411 e. The molecule has 10 nitrogen and oxygen atoms in total. The van der Waals surface area contributed by atoms with Gasteiger partial charge in [0.25, 0.3) is 0 Å². The molecule has 0 spiro atoms. The number of aromatic nitrogens is 4. The number of nitrogens with two attached hydrogens (primary N) is 1. The maximum Gasteiger partial charge on any atom is 0.409 e. The summed E-state index contributed by atoms with van der Waals surface area (Å²) in [4.78, 5) is 22.7. The van der Waals surface area contributed by atoms with Crippen molar-refractivity contribution in [2.75, 3.05) is 38.2 Å². The number of benzene rings is 2. The highest BCUT2D eigenvalue weighted by molar-refractivity contribution is 5.79. The molecule has 10 heteroatoms. The molecule has 4 aromatic rings. The monoisotopic (exact) mass is 513 g/mol. The number of hydrogen-bond donors (Lipinski definition) is 2. The number of nitrogens with zero attached hydrogens (tertiary/aromatic N) is 5. The Hall–Kier alpha value is -4.28. The minimum atomic E-state index is -0.850. The van der Waals surface area contributed by atoms with Gasteiger partial charge >= 0.3 is 6.09 Å². The highest BCUT2D eigenvalue weighted by Crippen LogP contribution is 2.31. The zero-order valence-electron chi connectivity index (χ0n) is 21.3. The number of carbonyl (C=O) groups excluding carboxylic acids is 1. The number of carbonyl (C=O) groups is 1. The molecule has 0 radical (unpaired) electrons. The molecule has 0 aliphatic carbocycles. The van der Waals surface area contributed by atoms with E-state index in [1.165, 1.54) is 5.56 Å². The Morgan fingerprint density at radius 3 is 2.71 bits per heavy atom. The topological polar surface area (TPSA) is 120 Å². The molecule has 1 aliphatic rings. The fourth-order valence-corrected chi connectivity index (χ4v) is 4.40. The van der Waals surface area contributed by atoms with E-state index in [4.69, 9.17) is 25.3 Å². The van der Waals surface area contributed by atoms with E-state index < -0.39 is 6.09 Å². The number of morpholine rings is 1. The Kier molecular flexibility index (Phi) is 7.91. The summed E-state index contributed by atoms with van der Waals surface area (Å²) in [5.74, 6) is 0.881. The molecule has 5 rings (SSSR count). The third-order valence-electron chi connectivity index (χ3n) is 6.37. The molecule has 38 heavy (non-hydrogen) atoms. The van der Waals surface area contributed by atoms with E-state index in [0.717, 1.165) is 67.5 Å². The van der Waals surface area contributed by atoms with Gasteiger partial charge in [0.15, 0.2) is 0 Å². The minimum absolute atomic E-state index is 0.374. The zero-order valence-corrected chi connectivity index (χ0v) is 21.3. The van der Waals surface area contributed by atoms with Crippen LogP contribution in [0.15, 0.2) is 67.0 Å². The third-order valence-corrected chi connectivity index (χ3v) is 6.37. The van der Waals surface area contributed by atoms with Crippen LogP contribution < -0.4 is 15.8 Å². The van der Waals surface area contributed by atoms with Gasteiger partial charge < -0.3 is 20.5 Å². The van der Waals surface area contributed by atoms with Crippen LogP contribution in [-0.4, -0.2) is 63.6 Å². The second-order valence-corrected chi connectivity index (χ2v) is 8.99. The lowest BCUT2D eigenvalue weighted by atomic mass is 10.1. The van der Waals surface area contributed by atoms with Gasteiger partial charge in [0, 0.05) is 55.4 Å². The van der Waals surface area contributed by atoms with Crippen molar-refractivity contribution in [3.63, 3.8) is 0 Å². The molecule has 3 heterocycles. The van der Waals surface area contributed by atoms with E-state index in [2.05, 4.69) is 33.4 Å². The number of aryl methyl sites for hydroxylation is 1. The van der Waals surface area contributed by atoms with Crippen molar-refractivity contribution in [1.82, 2.24) is 24.6 Å². The predicted molar refractivity (Wildman–Crippen MR) is 145 cm³/mol. The van der Waals surface area contributed by atoms with E-state index in [9.17, 15) is 4.79 Å². The van der Waals surface area contributed by atoms with Gasteiger partial charge in [-0.2, -0.15) is 5.10 Å². The molecule has 1 saturated heterocycles. The Balaban J connectivity index is 1.34. The van der Waals surface area contributed by atoms with E-state index >= 15 is 0 Å². The highest BCUT2D eigenvalue weighted by Gasteiger charge is 2.16. The Morgan fingerprint density at radius 2 is 1.95 bits per heavy atom. The number of amides is 1. The lowest BCUT2D eigenvalue weighted by Crippen LogP contribution is -2.37. The van der Waals surface area contributed by atoms with Crippen LogP contribution in [0, 0.1) is 0 Å². The molecule has 1 amide bonds. The smallest absolute Gasteiger partial charge is 0.409 e. The van der Waals surface area contributed by atoms with Crippen LogP contribution in [0.5, 0.6) is 5.75 Å². The van der Waals surface area contributed by atoms with Gasteiger partial charge in [0.1, 0.15) is 11.4 Å². The van der Waals surface area contributed by atoms with Gasteiger partial charge in [-0.3, -0.25) is 9.58 Å². The van der Waals surface area contributed by atoms with Gasteiger partial charge in [-0.05, 0) is 61.4 Å².